The van der Waals surface area contributed by atoms with Gasteiger partial charge in [-0.3, -0.25) is 14.5 Å². The molecule has 7 heteroatoms. The van der Waals surface area contributed by atoms with E-state index in [4.69, 9.17) is 16.0 Å². The molecule has 2 saturated heterocycles. The van der Waals surface area contributed by atoms with E-state index in [-0.39, 0.29) is 22.8 Å². The first-order valence-corrected chi connectivity index (χ1v) is 8.56. The highest BCUT2D eigenvalue weighted by Crippen LogP contribution is 2.16. The Hall–Kier alpha value is -1.53. The lowest BCUT2D eigenvalue weighted by molar-refractivity contribution is -0.131. The summed E-state index contributed by atoms with van der Waals surface area (Å²) in [7, 11) is 0. The van der Waals surface area contributed by atoms with Crippen molar-refractivity contribution >= 4 is 23.4 Å². The van der Waals surface area contributed by atoms with Gasteiger partial charge in [-0.05, 0) is 43.0 Å². The first-order chi connectivity index (χ1) is 11.1. The predicted octanol–water partition coefficient (Wildman–Crippen LogP) is 1.70. The van der Waals surface area contributed by atoms with Gasteiger partial charge in [0, 0.05) is 39.3 Å². The van der Waals surface area contributed by atoms with Crippen LogP contribution in [0.15, 0.2) is 16.5 Å². The molecule has 2 aliphatic heterocycles. The fourth-order valence-corrected chi connectivity index (χ4v) is 3.32. The normalized spacial score (nSPS) is 19.9. The van der Waals surface area contributed by atoms with Gasteiger partial charge in [-0.25, -0.2) is 0 Å². The first kappa shape index (κ1) is 16.3. The Labute approximate surface area is 140 Å². The second kappa shape index (κ2) is 7.36. The van der Waals surface area contributed by atoms with Crippen molar-refractivity contribution < 1.29 is 14.0 Å². The van der Waals surface area contributed by atoms with Crippen LogP contribution < -0.4 is 0 Å². The number of halogens is 1. The highest BCUT2D eigenvalue weighted by Gasteiger charge is 2.25. The molecule has 1 aromatic rings. The topological polar surface area (TPSA) is 57.0 Å². The zero-order valence-electron chi connectivity index (χ0n) is 13.2. The monoisotopic (exact) mass is 339 g/mol. The van der Waals surface area contributed by atoms with E-state index in [1.54, 1.807) is 17.0 Å². The second-order valence-electron chi connectivity index (χ2n) is 6.11. The van der Waals surface area contributed by atoms with Gasteiger partial charge in [0.05, 0.1) is 6.54 Å². The molecular weight excluding hydrogens is 318 g/mol. The summed E-state index contributed by atoms with van der Waals surface area (Å²) in [6.07, 6.45) is 3.08. The van der Waals surface area contributed by atoms with Crippen molar-refractivity contribution in [1.29, 1.82) is 0 Å². The van der Waals surface area contributed by atoms with E-state index in [1.165, 1.54) is 0 Å². The predicted molar refractivity (Wildman–Crippen MR) is 86.5 cm³/mol. The summed E-state index contributed by atoms with van der Waals surface area (Å²) in [5, 5.41) is 0.223. The molecule has 2 amide bonds. The zero-order chi connectivity index (χ0) is 16.2. The minimum absolute atomic E-state index is 0.135. The number of hydrogen-bond acceptors (Lipinski definition) is 4. The Balaban J connectivity index is 1.52. The maximum Gasteiger partial charge on any atom is 0.289 e. The van der Waals surface area contributed by atoms with Crippen molar-refractivity contribution in [1.82, 2.24) is 14.7 Å². The highest BCUT2D eigenvalue weighted by molar-refractivity contribution is 6.29. The van der Waals surface area contributed by atoms with Crippen LogP contribution in [0, 0.1) is 0 Å². The van der Waals surface area contributed by atoms with Gasteiger partial charge in [0.2, 0.25) is 5.91 Å². The molecular formula is C16H22ClN3O3. The third-order valence-corrected chi connectivity index (χ3v) is 4.68. The summed E-state index contributed by atoms with van der Waals surface area (Å²) >= 11 is 5.73. The molecule has 0 atom stereocenters. The summed E-state index contributed by atoms with van der Waals surface area (Å²) in [6, 6.07) is 3.18. The standard InChI is InChI=1S/C16H22ClN3O3/c17-14-5-4-13(23-14)16(22)20-9-3-6-18(10-11-20)12-15(21)19-7-1-2-8-19/h4-5H,1-3,6-12H2. The van der Waals surface area contributed by atoms with Crippen molar-refractivity contribution in [3.8, 4) is 0 Å². The van der Waals surface area contributed by atoms with Gasteiger partial charge in [-0.1, -0.05) is 0 Å². The molecule has 0 saturated carbocycles. The number of carbonyl (C=O) groups excluding carboxylic acids is 2. The molecule has 0 bridgehead atoms. The number of nitrogens with zero attached hydrogens (tertiary/aromatic N) is 3. The molecule has 2 aliphatic rings. The van der Waals surface area contributed by atoms with Gasteiger partial charge in [-0.15, -0.1) is 0 Å². The van der Waals surface area contributed by atoms with Crippen molar-refractivity contribution in [2.45, 2.75) is 19.3 Å². The molecule has 2 fully saturated rings. The van der Waals surface area contributed by atoms with E-state index < -0.39 is 0 Å². The zero-order valence-corrected chi connectivity index (χ0v) is 13.9. The van der Waals surface area contributed by atoms with Gasteiger partial charge in [0.15, 0.2) is 11.0 Å². The Morgan fingerprint density at radius 1 is 0.957 bits per heavy atom. The average Bonchev–Trinajstić information content (AvgIpc) is 3.16. The van der Waals surface area contributed by atoms with E-state index in [1.807, 2.05) is 4.90 Å². The van der Waals surface area contributed by atoms with E-state index in [9.17, 15) is 9.59 Å². The van der Waals surface area contributed by atoms with Gasteiger partial charge < -0.3 is 14.2 Å². The molecule has 0 unspecified atom stereocenters. The Morgan fingerprint density at radius 3 is 2.39 bits per heavy atom. The molecule has 0 N–H and O–H groups in total. The number of amides is 2. The summed E-state index contributed by atoms with van der Waals surface area (Å²) in [4.78, 5) is 30.5. The Bertz CT molecular complexity index is 569. The largest absolute Gasteiger partial charge is 0.440 e. The van der Waals surface area contributed by atoms with E-state index in [0.29, 0.717) is 26.2 Å². The quantitative estimate of drug-likeness (QED) is 0.841. The lowest BCUT2D eigenvalue weighted by Gasteiger charge is -2.23. The summed E-state index contributed by atoms with van der Waals surface area (Å²) in [6.45, 7) is 5.04. The second-order valence-corrected chi connectivity index (χ2v) is 6.49. The van der Waals surface area contributed by atoms with Crippen LogP contribution in [0.1, 0.15) is 29.8 Å². The van der Waals surface area contributed by atoms with E-state index in [0.717, 1.165) is 38.9 Å². The lowest BCUT2D eigenvalue weighted by Crippen LogP contribution is -2.41. The van der Waals surface area contributed by atoms with Crippen LogP contribution >= 0.6 is 11.6 Å². The van der Waals surface area contributed by atoms with Gasteiger partial charge >= 0.3 is 0 Å². The highest BCUT2D eigenvalue weighted by atomic mass is 35.5. The minimum Gasteiger partial charge on any atom is -0.440 e. The average molecular weight is 340 g/mol. The van der Waals surface area contributed by atoms with Crippen LogP contribution in [0.3, 0.4) is 0 Å². The molecule has 126 valence electrons. The van der Waals surface area contributed by atoms with Gasteiger partial charge in [0.25, 0.3) is 5.91 Å². The first-order valence-electron chi connectivity index (χ1n) is 8.18. The number of hydrogen-bond donors (Lipinski definition) is 0. The number of carbonyl (C=O) groups is 2. The maximum atomic E-state index is 12.4. The molecule has 6 nitrogen and oxygen atoms in total. The SMILES string of the molecule is O=C(CN1CCCN(C(=O)c2ccc(Cl)o2)CC1)N1CCCC1. The fourth-order valence-electron chi connectivity index (χ4n) is 3.18. The van der Waals surface area contributed by atoms with Crippen LogP contribution in [0.2, 0.25) is 5.22 Å². The lowest BCUT2D eigenvalue weighted by atomic mass is 10.3. The number of likely N-dealkylation sites (tertiary alicyclic amines) is 1. The van der Waals surface area contributed by atoms with Crippen LogP contribution in [0.4, 0.5) is 0 Å². The summed E-state index contributed by atoms with van der Waals surface area (Å²) in [5.41, 5.74) is 0. The van der Waals surface area contributed by atoms with E-state index >= 15 is 0 Å². The Morgan fingerprint density at radius 2 is 1.70 bits per heavy atom. The molecule has 1 aromatic heterocycles. The van der Waals surface area contributed by atoms with E-state index in [2.05, 4.69) is 4.90 Å². The van der Waals surface area contributed by atoms with Crippen molar-refractivity contribution in [2.75, 3.05) is 45.8 Å². The third-order valence-electron chi connectivity index (χ3n) is 4.48. The molecule has 0 radical (unpaired) electrons. The summed E-state index contributed by atoms with van der Waals surface area (Å²) < 4.78 is 5.20. The number of furan rings is 1. The third kappa shape index (κ3) is 4.06. The van der Waals surface area contributed by atoms with Crippen LogP contribution in [-0.2, 0) is 4.79 Å². The Kier molecular flexibility index (Phi) is 5.23. The van der Waals surface area contributed by atoms with Crippen molar-refractivity contribution in [2.24, 2.45) is 0 Å². The minimum atomic E-state index is -0.135. The maximum absolute atomic E-state index is 12.4. The van der Waals surface area contributed by atoms with Gasteiger partial charge in [0.1, 0.15) is 0 Å². The van der Waals surface area contributed by atoms with Crippen LogP contribution in [0.5, 0.6) is 0 Å². The number of rotatable bonds is 3. The smallest absolute Gasteiger partial charge is 0.289 e. The summed E-state index contributed by atoms with van der Waals surface area (Å²) in [5.74, 6) is 0.348. The molecule has 23 heavy (non-hydrogen) atoms. The fraction of sp³-hybridized carbons (Fsp3) is 0.625. The van der Waals surface area contributed by atoms with Gasteiger partial charge in [-0.2, -0.15) is 0 Å². The van der Waals surface area contributed by atoms with Crippen LogP contribution in [-0.4, -0.2) is 72.3 Å². The van der Waals surface area contributed by atoms with Crippen molar-refractivity contribution in [3.05, 3.63) is 23.1 Å². The van der Waals surface area contributed by atoms with Crippen LogP contribution in [0.25, 0.3) is 0 Å². The molecule has 3 rings (SSSR count). The molecule has 3 heterocycles. The molecule has 0 aliphatic carbocycles. The molecule has 0 spiro atoms. The molecule has 0 aromatic carbocycles. The van der Waals surface area contributed by atoms with Crippen molar-refractivity contribution in [3.63, 3.8) is 0 Å².